The van der Waals surface area contributed by atoms with Crippen molar-refractivity contribution in [3.63, 3.8) is 0 Å². The van der Waals surface area contributed by atoms with Crippen molar-refractivity contribution in [3.8, 4) is 5.75 Å². The Hall–Kier alpha value is -1.59. The van der Waals surface area contributed by atoms with E-state index < -0.39 is 0 Å². The molecule has 2 N–H and O–H groups in total. The smallest absolute Gasteiger partial charge is 0.255 e. The summed E-state index contributed by atoms with van der Waals surface area (Å²) in [6, 6.07) is 5.37. The minimum atomic E-state index is -0.233. The Kier molecular flexibility index (Phi) is 4.36. The van der Waals surface area contributed by atoms with E-state index in [0.29, 0.717) is 25.2 Å². The minimum absolute atomic E-state index is 0.0626. The minimum Gasteiger partial charge on any atom is -0.507 e. The van der Waals surface area contributed by atoms with E-state index in [-0.39, 0.29) is 23.3 Å². The molecule has 2 fully saturated rings. The summed E-state index contributed by atoms with van der Waals surface area (Å²) in [5, 5.41) is 13.2. The number of rotatable bonds is 3. The average Bonchev–Trinajstić information content (AvgIpc) is 2.95. The number of aryl methyl sites for hydroxylation is 1. The summed E-state index contributed by atoms with van der Waals surface area (Å²) in [6.07, 6.45) is 3.15. The highest BCUT2D eigenvalue weighted by atomic mass is 16.6. The second kappa shape index (κ2) is 6.26. The molecule has 22 heavy (non-hydrogen) atoms. The number of phenolic OH excluding ortho intramolecular Hbond substituents is 1. The van der Waals surface area contributed by atoms with E-state index in [0.717, 1.165) is 31.4 Å². The third kappa shape index (κ3) is 2.96. The lowest BCUT2D eigenvalue weighted by Gasteiger charge is -2.37. The summed E-state index contributed by atoms with van der Waals surface area (Å²) in [5.41, 5.74) is 0.909. The lowest BCUT2D eigenvalue weighted by atomic mass is 9.89. The zero-order chi connectivity index (χ0) is 15.6. The van der Waals surface area contributed by atoms with Gasteiger partial charge in [-0.3, -0.25) is 4.79 Å². The Morgan fingerprint density at radius 3 is 3.05 bits per heavy atom. The molecular weight excluding hydrogens is 282 g/mol. The van der Waals surface area contributed by atoms with Crippen LogP contribution in [-0.4, -0.2) is 42.5 Å². The molecule has 1 spiro atoms. The van der Waals surface area contributed by atoms with Crippen LogP contribution in [0.4, 0.5) is 0 Å². The fourth-order valence-electron chi connectivity index (χ4n) is 3.34. The molecule has 120 valence electrons. The van der Waals surface area contributed by atoms with Gasteiger partial charge in [0.25, 0.3) is 5.91 Å². The molecule has 1 aromatic rings. The van der Waals surface area contributed by atoms with Crippen molar-refractivity contribution in [2.75, 3.05) is 19.8 Å². The van der Waals surface area contributed by atoms with Crippen LogP contribution in [0.15, 0.2) is 18.2 Å². The summed E-state index contributed by atoms with van der Waals surface area (Å²) in [5.74, 6) is -0.123. The maximum absolute atomic E-state index is 12.5. The number of hydrogen-bond acceptors (Lipinski definition) is 4. The number of phenols is 1. The van der Waals surface area contributed by atoms with Crippen molar-refractivity contribution in [2.24, 2.45) is 0 Å². The van der Waals surface area contributed by atoms with Gasteiger partial charge in [-0.05, 0) is 30.9 Å². The highest BCUT2D eigenvalue weighted by molar-refractivity contribution is 5.97. The second-order valence-corrected chi connectivity index (χ2v) is 6.16. The summed E-state index contributed by atoms with van der Waals surface area (Å²) in [4.78, 5) is 12.5. The molecule has 3 rings (SSSR count). The Bertz CT molecular complexity index is 552. The van der Waals surface area contributed by atoms with Crippen molar-refractivity contribution < 1.29 is 19.4 Å². The Balaban J connectivity index is 1.69. The maximum Gasteiger partial charge on any atom is 0.255 e. The molecule has 0 unspecified atom stereocenters. The van der Waals surface area contributed by atoms with Gasteiger partial charge in [-0.1, -0.05) is 19.1 Å². The molecule has 1 aromatic carbocycles. The molecule has 2 saturated heterocycles. The van der Waals surface area contributed by atoms with Crippen LogP contribution < -0.4 is 5.32 Å². The van der Waals surface area contributed by atoms with E-state index in [1.54, 1.807) is 6.07 Å². The van der Waals surface area contributed by atoms with Gasteiger partial charge in [-0.2, -0.15) is 0 Å². The molecule has 1 amide bonds. The molecule has 2 aliphatic rings. The first-order valence-electron chi connectivity index (χ1n) is 7.97. The number of carbonyl (C=O) groups excluding carboxylic acids is 1. The SMILES string of the molecule is CCc1cccc(C(=O)N[C@H]2CCO[C@]3(CCOC3)C2)c1O. The number of amides is 1. The summed E-state index contributed by atoms with van der Waals surface area (Å²) < 4.78 is 11.3. The number of nitrogens with one attached hydrogen (secondary N) is 1. The van der Waals surface area contributed by atoms with Gasteiger partial charge in [-0.15, -0.1) is 0 Å². The van der Waals surface area contributed by atoms with Crippen LogP contribution in [-0.2, 0) is 15.9 Å². The van der Waals surface area contributed by atoms with Gasteiger partial charge in [0.15, 0.2) is 0 Å². The molecular formula is C17H23NO4. The molecule has 2 heterocycles. The van der Waals surface area contributed by atoms with E-state index in [9.17, 15) is 9.90 Å². The van der Waals surface area contributed by atoms with Gasteiger partial charge in [0, 0.05) is 25.7 Å². The lowest BCUT2D eigenvalue weighted by Crippen LogP contribution is -2.49. The van der Waals surface area contributed by atoms with E-state index >= 15 is 0 Å². The first-order valence-corrected chi connectivity index (χ1v) is 7.97. The van der Waals surface area contributed by atoms with E-state index in [4.69, 9.17) is 9.47 Å². The van der Waals surface area contributed by atoms with Gasteiger partial charge in [0.2, 0.25) is 0 Å². The van der Waals surface area contributed by atoms with Crippen molar-refractivity contribution in [3.05, 3.63) is 29.3 Å². The quantitative estimate of drug-likeness (QED) is 0.896. The lowest BCUT2D eigenvalue weighted by molar-refractivity contribution is -0.0881. The highest BCUT2D eigenvalue weighted by Gasteiger charge is 2.41. The van der Waals surface area contributed by atoms with Crippen LogP contribution >= 0.6 is 0 Å². The number of ether oxygens (including phenoxy) is 2. The highest BCUT2D eigenvalue weighted by Crippen LogP contribution is 2.33. The standard InChI is InChI=1S/C17H23NO4/c1-2-12-4-3-5-14(15(12)19)16(20)18-13-6-8-22-17(10-13)7-9-21-11-17/h3-5,13,19H,2,6-11H2,1H3,(H,18,20)/t13-,17+/m0/s1. The van der Waals surface area contributed by atoms with Crippen molar-refractivity contribution >= 4 is 5.91 Å². The summed E-state index contributed by atoms with van der Waals surface area (Å²) >= 11 is 0. The zero-order valence-electron chi connectivity index (χ0n) is 12.9. The van der Waals surface area contributed by atoms with E-state index in [1.807, 2.05) is 19.1 Å². The van der Waals surface area contributed by atoms with Gasteiger partial charge in [-0.25, -0.2) is 0 Å². The number of para-hydroxylation sites is 1. The van der Waals surface area contributed by atoms with Crippen molar-refractivity contribution in [1.82, 2.24) is 5.32 Å². The van der Waals surface area contributed by atoms with Crippen LogP contribution in [0, 0.1) is 0 Å². The molecule has 2 atom stereocenters. The van der Waals surface area contributed by atoms with Crippen LogP contribution in [0.25, 0.3) is 0 Å². The third-order valence-electron chi connectivity index (χ3n) is 4.64. The molecule has 0 radical (unpaired) electrons. The number of benzene rings is 1. The van der Waals surface area contributed by atoms with Gasteiger partial charge < -0.3 is 19.9 Å². The van der Waals surface area contributed by atoms with E-state index in [1.165, 1.54) is 0 Å². The topological polar surface area (TPSA) is 67.8 Å². The largest absolute Gasteiger partial charge is 0.507 e. The molecule has 0 aliphatic carbocycles. The fraction of sp³-hybridized carbons (Fsp3) is 0.588. The average molecular weight is 305 g/mol. The Morgan fingerprint density at radius 2 is 2.32 bits per heavy atom. The number of carbonyl (C=O) groups is 1. The predicted molar refractivity (Wildman–Crippen MR) is 82.1 cm³/mol. The van der Waals surface area contributed by atoms with Crippen LogP contribution in [0.5, 0.6) is 5.75 Å². The van der Waals surface area contributed by atoms with Gasteiger partial charge in [0.1, 0.15) is 5.75 Å². The van der Waals surface area contributed by atoms with Crippen LogP contribution in [0.3, 0.4) is 0 Å². The van der Waals surface area contributed by atoms with Crippen molar-refractivity contribution in [1.29, 1.82) is 0 Å². The molecule has 0 bridgehead atoms. The number of aromatic hydroxyl groups is 1. The maximum atomic E-state index is 12.5. The molecule has 0 saturated carbocycles. The summed E-state index contributed by atoms with van der Waals surface area (Å²) in [7, 11) is 0. The molecule has 5 nitrogen and oxygen atoms in total. The molecule has 5 heteroatoms. The molecule has 2 aliphatic heterocycles. The predicted octanol–water partition coefficient (Wildman–Crippen LogP) is 2.02. The van der Waals surface area contributed by atoms with Crippen LogP contribution in [0.2, 0.25) is 0 Å². The second-order valence-electron chi connectivity index (χ2n) is 6.16. The van der Waals surface area contributed by atoms with E-state index in [2.05, 4.69) is 5.32 Å². The summed E-state index contributed by atoms with van der Waals surface area (Å²) in [6.45, 7) is 3.92. The van der Waals surface area contributed by atoms with Gasteiger partial charge >= 0.3 is 0 Å². The first-order chi connectivity index (χ1) is 10.6. The van der Waals surface area contributed by atoms with Gasteiger partial charge in [0.05, 0.1) is 17.8 Å². The first kappa shape index (κ1) is 15.3. The van der Waals surface area contributed by atoms with Crippen molar-refractivity contribution in [2.45, 2.75) is 44.2 Å². The number of hydrogen-bond donors (Lipinski definition) is 2. The fourth-order valence-corrected chi connectivity index (χ4v) is 3.34. The molecule has 0 aromatic heterocycles. The zero-order valence-corrected chi connectivity index (χ0v) is 12.9. The van der Waals surface area contributed by atoms with Crippen LogP contribution in [0.1, 0.15) is 42.1 Å². The third-order valence-corrected chi connectivity index (χ3v) is 4.64. The Morgan fingerprint density at radius 1 is 1.45 bits per heavy atom. The normalized spacial score (nSPS) is 28.0. The monoisotopic (exact) mass is 305 g/mol. The Labute approximate surface area is 130 Å².